The number of hydrogen-bond acceptors (Lipinski definition) is 7. The molecule has 0 saturated heterocycles. The zero-order valence-electron chi connectivity index (χ0n) is 14.4. The van der Waals surface area contributed by atoms with E-state index in [1.165, 1.54) is 36.9 Å². The van der Waals surface area contributed by atoms with Crippen LogP contribution in [0.25, 0.3) is 11.2 Å². The fourth-order valence-electron chi connectivity index (χ4n) is 2.69. The lowest BCUT2D eigenvalue weighted by Crippen LogP contribution is -2.20. The van der Waals surface area contributed by atoms with Gasteiger partial charge in [0, 0.05) is 24.0 Å². The zero-order chi connectivity index (χ0) is 20.4. The number of aromatic amines is 1. The molecule has 4 heterocycles. The number of H-pyrrole nitrogens is 1. The van der Waals surface area contributed by atoms with Crippen molar-refractivity contribution in [2.75, 3.05) is 5.32 Å². The maximum absolute atomic E-state index is 13.8. The largest absolute Gasteiger partial charge is 0.415 e. The Balaban J connectivity index is 1.66. The molecule has 2 N–H and O–H groups in total. The molecule has 13 heteroatoms. The topological polar surface area (TPSA) is 106 Å². The first-order valence-electron chi connectivity index (χ1n) is 8.17. The smallest absolute Gasteiger partial charge is 0.388 e. The van der Waals surface area contributed by atoms with E-state index in [4.69, 9.17) is 0 Å². The number of ether oxygens (including phenoxy) is 1. The average Bonchev–Trinajstić information content (AvgIpc) is 3.29. The Hall–Kier alpha value is -3.77. The first-order chi connectivity index (χ1) is 14.0. The molecule has 0 fully saturated rings. The quantitative estimate of drug-likeness (QED) is 0.453. The molecule has 0 amide bonds. The summed E-state index contributed by atoms with van der Waals surface area (Å²) in [5.41, 5.74) is 0.666. The Morgan fingerprint density at radius 2 is 2.00 bits per heavy atom. The molecule has 1 atom stereocenters. The highest BCUT2D eigenvalue weighted by molar-refractivity contribution is 5.72. The summed E-state index contributed by atoms with van der Waals surface area (Å²) in [5, 5.41) is 12.8. The van der Waals surface area contributed by atoms with Gasteiger partial charge in [-0.2, -0.15) is 13.9 Å². The van der Waals surface area contributed by atoms with Crippen molar-refractivity contribution in [1.29, 1.82) is 0 Å². The second-order valence-corrected chi connectivity index (χ2v) is 5.74. The minimum atomic E-state index is -3.02. The summed E-state index contributed by atoms with van der Waals surface area (Å²) in [7, 11) is 0. The van der Waals surface area contributed by atoms with Gasteiger partial charge in [-0.1, -0.05) is 6.07 Å². The number of halogens is 4. The predicted molar refractivity (Wildman–Crippen MR) is 92.2 cm³/mol. The van der Waals surface area contributed by atoms with Crippen LogP contribution >= 0.6 is 0 Å². The molecule has 29 heavy (non-hydrogen) atoms. The van der Waals surface area contributed by atoms with Gasteiger partial charge in [-0.3, -0.25) is 10.1 Å². The van der Waals surface area contributed by atoms with Gasteiger partial charge in [0.1, 0.15) is 17.4 Å². The molecule has 0 spiro atoms. The van der Waals surface area contributed by atoms with E-state index in [0.717, 1.165) is 4.68 Å². The van der Waals surface area contributed by atoms with Crippen LogP contribution in [0.3, 0.4) is 0 Å². The van der Waals surface area contributed by atoms with E-state index in [1.807, 2.05) is 0 Å². The molecule has 0 aliphatic carbocycles. The van der Waals surface area contributed by atoms with E-state index in [-0.39, 0.29) is 28.7 Å². The number of anilines is 2. The lowest BCUT2D eigenvalue weighted by molar-refractivity contribution is -0.0528. The maximum atomic E-state index is 13.8. The van der Waals surface area contributed by atoms with E-state index in [0.29, 0.717) is 5.52 Å². The minimum Gasteiger partial charge on any atom is -0.415 e. The Morgan fingerprint density at radius 3 is 2.72 bits per heavy atom. The van der Waals surface area contributed by atoms with Crippen LogP contribution < -0.4 is 10.1 Å². The van der Waals surface area contributed by atoms with Crippen molar-refractivity contribution < 1.29 is 22.3 Å². The molecule has 4 rings (SSSR count). The van der Waals surface area contributed by atoms with Crippen LogP contribution in [0.2, 0.25) is 0 Å². The predicted octanol–water partition coefficient (Wildman–Crippen LogP) is 3.14. The average molecular weight is 408 g/mol. The highest BCUT2D eigenvalue weighted by Crippen LogP contribution is 2.28. The molecule has 0 radical (unpaired) electrons. The molecule has 4 aromatic heterocycles. The van der Waals surface area contributed by atoms with Gasteiger partial charge in [-0.15, -0.1) is 5.10 Å². The van der Waals surface area contributed by atoms with Crippen molar-refractivity contribution in [2.24, 2.45) is 0 Å². The molecule has 0 aliphatic heterocycles. The van der Waals surface area contributed by atoms with Gasteiger partial charge in [0.25, 0.3) is 6.43 Å². The van der Waals surface area contributed by atoms with Gasteiger partial charge < -0.3 is 10.1 Å². The van der Waals surface area contributed by atoms with E-state index < -0.39 is 19.1 Å². The van der Waals surface area contributed by atoms with Crippen molar-refractivity contribution in [3.8, 4) is 5.88 Å². The van der Waals surface area contributed by atoms with E-state index in [9.17, 15) is 17.6 Å². The van der Waals surface area contributed by atoms with Crippen LogP contribution in [0.4, 0.5) is 29.2 Å². The number of alkyl halides is 4. The van der Waals surface area contributed by atoms with Gasteiger partial charge in [0.05, 0.1) is 12.4 Å². The van der Waals surface area contributed by atoms with Gasteiger partial charge in [0.2, 0.25) is 5.88 Å². The fraction of sp³-hybridized carbons (Fsp3) is 0.188. The summed E-state index contributed by atoms with van der Waals surface area (Å²) in [6.45, 7) is -3.02. The van der Waals surface area contributed by atoms with Crippen molar-refractivity contribution in [2.45, 2.75) is 19.1 Å². The normalized spacial score (nSPS) is 12.6. The summed E-state index contributed by atoms with van der Waals surface area (Å²) < 4.78 is 57.3. The van der Waals surface area contributed by atoms with E-state index in [2.05, 4.69) is 40.3 Å². The Morgan fingerprint density at radius 1 is 1.14 bits per heavy atom. The summed E-state index contributed by atoms with van der Waals surface area (Å²) in [6.07, 6.45) is 2.69. The second-order valence-electron chi connectivity index (χ2n) is 5.74. The van der Waals surface area contributed by atoms with Crippen LogP contribution in [-0.4, -0.2) is 48.0 Å². The summed E-state index contributed by atoms with van der Waals surface area (Å²) in [5.74, 6) is 0.0275. The SMILES string of the molecule is FC(F)Oc1cc(Nc2cnc3cnn([C@H](c4cccnc4)C(F)F)c3n2)[nH]n1. The lowest BCUT2D eigenvalue weighted by Gasteiger charge is -2.17. The van der Waals surface area contributed by atoms with E-state index >= 15 is 0 Å². The van der Waals surface area contributed by atoms with Gasteiger partial charge in [0.15, 0.2) is 11.5 Å². The van der Waals surface area contributed by atoms with Crippen LogP contribution in [0.15, 0.2) is 43.0 Å². The van der Waals surface area contributed by atoms with Crippen molar-refractivity contribution in [3.63, 3.8) is 0 Å². The monoisotopic (exact) mass is 408 g/mol. The molecular formula is C16H12F4N8O. The maximum Gasteiger partial charge on any atom is 0.388 e. The summed E-state index contributed by atoms with van der Waals surface area (Å²) in [6, 6.07) is 2.84. The molecule has 150 valence electrons. The zero-order valence-corrected chi connectivity index (χ0v) is 14.4. The van der Waals surface area contributed by atoms with Crippen LogP contribution in [-0.2, 0) is 0 Å². The lowest BCUT2D eigenvalue weighted by atomic mass is 10.1. The summed E-state index contributed by atoms with van der Waals surface area (Å²) in [4.78, 5) is 12.3. The van der Waals surface area contributed by atoms with Crippen molar-refractivity contribution >= 4 is 22.8 Å². The number of fused-ring (bicyclic) bond motifs is 1. The molecular weight excluding hydrogens is 396 g/mol. The highest BCUT2D eigenvalue weighted by Gasteiger charge is 2.28. The molecule has 0 aliphatic rings. The van der Waals surface area contributed by atoms with Gasteiger partial charge in [-0.05, 0) is 6.07 Å². The molecule has 0 bridgehead atoms. The summed E-state index contributed by atoms with van der Waals surface area (Å²) >= 11 is 0. The third-order valence-electron chi connectivity index (χ3n) is 3.86. The first-order valence-corrected chi connectivity index (χ1v) is 8.17. The molecule has 0 unspecified atom stereocenters. The number of rotatable bonds is 7. The molecule has 4 aromatic rings. The standard InChI is InChI=1S/C16H12F4N8O/c17-14(18)13(8-2-1-3-21-5-8)28-15-9(6-23-28)22-7-11(25-15)24-10-4-12(27-26-10)29-16(19)20/h1-7,13-14,16H,(H2,24,25,26,27)/t13-/m1/s1. The third-order valence-corrected chi connectivity index (χ3v) is 3.86. The Kier molecular flexibility index (Phi) is 4.93. The second kappa shape index (κ2) is 7.69. The molecule has 0 aromatic carbocycles. The minimum absolute atomic E-state index is 0.104. The fourth-order valence-corrected chi connectivity index (χ4v) is 2.69. The number of nitrogens with one attached hydrogen (secondary N) is 2. The van der Waals surface area contributed by atoms with Crippen LogP contribution in [0.1, 0.15) is 11.6 Å². The van der Waals surface area contributed by atoms with Crippen LogP contribution in [0.5, 0.6) is 5.88 Å². The first kappa shape index (κ1) is 18.6. The Bertz CT molecular complexity index is 1100. The van der Waals surface area contributed by atoms with Crippen molar-refractivity contribution in [3.05, 3.63) is 48.5 Å². The number of hydrogen-bond donors (Lipinski definition) is 2. The number of pyridine rings is 1. The number of nitrogens with zero attached hydrogens (tertiary/aromatic N) is 6. The van der Waals surface area contributed by atoms with E-state index in [1.54, 1.807) is 6.07 Å². The third kappa shape index (κ3) is 3.93. The molecule has 9 nitrogen and oxygen atoms in total. The van der Waals surface area contributed by atoms with Crippen LogP contribution in [0, 0.1) is 0 Å². The van der Waals surface area contributed by atoms with Crippen molar-refractivity contribution in [1.82, 2.24) is 34.9 Å². The Labute approximate surface area is 159 Å². The molecule has 0 saturated carbocycles. The highest BCUT2D eigenvalue weighted by atomic mass is 19.3. The van der Waals surface area contributed by atoms with Gasteiger partial charge in [-0.25, -0.2) is 23.4 Å². The van der Waals surface area contributed by atoms with Gasteiger partial charge >= 0.3 is 6.61 Å². The number of aromatic nitrogens is 7.